The zero-order valence-electron chi connectivity index (χ0n) is 8.17. The van der Waals surface area contributed by atoms with Crippen molar-refractivity contribution in [3.8, 4) is 0 Å². The van der Waals surface area contributed by atoms with E-state index in [-0.39, 0.29) is 0 Å². The van der Waals surface area contributed by atoms with Crippen LogP contribution in [0.3, 0.4) is 0 Å². The van der Waals surface area contributed by atoms with E-state index >= 15 is 0 Å². The van der Waals surface area contributed by atoms with Crippen LogP contribution in [0, 0.1) is 0 Å². The van der Waals surface area contributed by atoms with Gasteiger partial charge >= 0.3 is 0 Å². The zero-order valence-corrected chi connectivity index (χ0v) is 8.17. The maximum absolute atomic E-state index is 5.59. The molecule has 0 aliphatic rings. The molecule has 1 aromatic carbocycles. The van der Waals surface area contributed by atoms with Crippen LogP contribution < -0.4 is 5.73 Å². The smallest absolute Gasteiger partial charge is 0.0813 e. The Kier molecular flexibility index (Phi) is 2.74. The summed E-state index contributed by atoms with van der Waals surface area (Å²) in [4.78, 5) is 8.11. The number of benzene rings is 1. The normalized spacial score (nSPS) is 10.7. The molecule has 0 aliphatic carbocycles. The topological polar surface area (TPSA) is 51.8 Å². The average molecular weight is 197 g/mol. The number of hydrogen-bond donors (Lipinski definition) is 1. The maximum Gasteiger partial charge on any atom is 0.0813 e. The summed E-state index contributed by atoms with van der Waals surface area (Å²) in [5.41, 5.74) is 8.29. The van der Waals surface area contributed by atoms with Crippen molar-refractivity contribution >= 4 is 17.8 Å². The average Bonchev–Trinajstić information content (AvgIpc) is 2.30. The molecule has 0 atom stereocenters. The van der Waals surface area contributed by atoms with Crippen molar-refractivity contribution in [3.63, 3.8) is 0 Å². The third-order valence-electron chi connectivity index (χ3n) is 1.97. The number of nitrogen functional groups attached to an aromatic ring is 1. The van der Waals surface area contributed by atoms with E-state index in [0.717, 1.165) is 16.9 Å². The van der Waals surface area contributed by atoms with Crippen molar-refractivity contribution in [1.82, 2.24) is 9.97 Å². The summed E-state index contributed by atoms with van der Waals surface area (Å²) in [5, 5.41) is 0. The van der Waals surface area contributed by atoms with Crippen molar-refractivity contribution in [3.05, 3.63) is 54.1 Å². The standard InChI is InChI=1S/C12H11N3/c13-11-4-1-10(2-5-11)3-6-12-9-14-7-8-15-12/h1-9H,13H2/b6-3+. The molecule has 0 saturated heterocycles. The zero-order chi connectivity index (χ0) is 10.5. The number of hydrogen-bond acceptors (Lipinski definition) is 3. The summed E-state index contributed by atoms with van der Waals surface area (Å²) in [5.74, 6) is 0. The Morgan fingerprint density at radius 1 is 1.00 bits per heavy atom. The van der Waals surface area contributed by atoms with Crippen LogP contribution in [0.25, 0.3) is 12.2 Å². The van der Waals surface area contributed by atoms with Crippen molar-refractivity contribution in [2.24, 2.45) is 0 Å². The molecule has 1 heterocycles. The molecule has 2 aromatic rings. The van der Waals surface area contributed by atoms with Gasteiger partial charge in [0.1, 0.15) is 0 Å². The maximum atomic E-state index is 5.59. The molecule has 2 rings (SSSR count). The minimum atomic E-state index is 0.770. The Hall–Kier alpha value is -2.16. The molecule has 3 heteroatoms. The van der Waals surface area contributed by atoms with Gasteiger partial charge in [0.05, 0.1) is 11.9 Å². The number of aromatic nitrogens is 2. The predicted octanol–water partition coefficient (Wildman–Crippen LogP) is 2.23. The first-order valence-corrected chi connectivity index (χ1v) is 4.64. The molecule has 0 aliphatic heterocycles. The van der Waals surface area contributed by atoms with E-state index < -0.39 is 0 Å². The van der Waals surface area contributed by atoms with Gasteiger partial charge in [-0.05, 0) is 23.8 Å². The monoisotopic (exact) mass is 197 g/mol. The van der Waals surface area contributed by atoms with E-state index in [1.54, 1.807) is 18.6 Å². The van der Waals surface area contributed by atoms with Gasteiger partial charge in [-0.2, -0.15) is 0 Å². The molecular formula is C12H11N3. The van der Waals surface area contributed by atoms with Crippen LogP contribution >= 0.6 is 0 Å². The molecule has 0 spiro atoms. The van der Waals surface area contributed by atoms with Crippen LogP contribution in [0.15, 0.2) is 42.9 Å². The summed E-state index contributed by atoms with van der Waals surface area (Å²) in [7, 11) is 0. The molecule has 0 amide bonds. The van der Waals surface area contributed by atoms with Crippen molar-refractivity contribution < 1.29 is 0 Å². The predicted molar refractivity (Wildman–Crippen MR) is 61.8 cm³/mol. The Morgan fingerprint density at radius 3 is 2.47 bits per heavy atom. The second-order valence-corrected chi connectivity index (χ2v) is 3.13. The van der Waals surface area contributed by atoms with Gasteiger partial charge in [0.25, 0.3) is 0 Å². The summed E-state index contributed by atoms with van der Waals surface area (Å²) in [6.07, 6.45) is 8.93. The van der Waals surface area contributed by atoms with Crippen molar-refractivity contribution in [2.45, 2.75) is 0 Å². The fraction of sp³-hybridized carbons (Fsp3) is 0. The van der Waals surface area contributed by atoms with E-state index in [9.17, 15) is 0 Å². The second kappa shape index (κ2) is 4.37. The molecule has 15 heavy (non-hydrogen) atoms. The fourth-order valence-corrected chi connectivity index (χ4v) is 1.19. The first kappa shape index (κ1) is 9.40. The van der Waals surface area contributed by atoms with Crippen LogP contribution in [0.1, 0.15) is 11.3 Å². The Labute approximate surface area is 88.3 Å². The third kappa shape index (κ3) is 2.64. The highest BCUT2D eigenvalue weighted by molar-refractivity contribution is 5.68. The molecule has 0 fully saturated rings. The number of anilines is 1. The van der Waals surface area contributed by atoms with Gasteiger partial charge in [0.15, 0.2) is 0 Å². The molecule has 0 unspecified atom stereocenters. The largest absolute Gasteiger partial charge is 0.399 e. The SMILES string of the molecule is Nc1ccc(/C=C/c2cnccn2)cc1. The number of nitrogens with zero attached hydrogens (tertiary/aromatic N) is 2. The van der Waals surface area contributed by atoms with Crippen LogP contribution in [-0.4, -0.2) is 9.97 Å². The fourth-order valence-electron chi connectivity index (χ4n) is 1.19. The van der Waals surface area contributed by atoms with Gasteiger partial charge in [0, 0.05) is 18.1 Å². The lowest BCUT2D eigenvalue weighted by atomic mass is 10.2. The Balaban J connectivity index is 2.15. The molecule has 0 radical (unpaired) electrons. The molecule has 74 valence electrons. The molecule has 2 N–H and O–H groups in total. The first-order valence-electron chi connectivity index (χ1n) is 4.64. The highest BCUT2D eigenvalue weighted by Gasteiger charge is 1.88. The van der Waals surface area contributed by atoms with E-state index in [2.05, 4.69) is 9.97 Å². The Bertz CT molecular complexity index is 446. The summed E-state index contributed by atoms with van der Waals surface area (Å²) in [6, 6.07) is 7.66. The summed E-state index contributed by atoms with van der Waals surface area (Å²) in [6.45, 7) is 0. The highest BCUT2D eigenvalue weighted by atomic mass is 14.7. The molecule has 1 aromatic heterocycles. The quantitative estimate of drug-likeness (QED) is 0.751. The van der Waals surface area contributed by atoms with Crippen LogP contribution in [0.4, 0.5) is 5.69 Å². The minimum Gasteiger partial charge on any atom is -0.399 e. The van der Waals surface area contributed by atoms with E-state index in [0.29, 0.717) is 0 Å². The van der Waals surface area contributed by atoms with Crippen LogP contribution in [0.5, 0.6) is 0 Å². The number of rotatable bonds is 2. The van der Waals surface area contributed by atoms with Gasteiger partial charge in [-0.25, -0.2) is 0 Å². The highest BCUT2D eigenvalue weighted by Crippen LogP contribution is 2.08. The van der Waals surface area contributed by atoms with E-state index in [1.165, 1.54) is 0 Å². The minimum absolute atomic E-state index is 0.770. The first-order chi connectivity index (χ1) is 7.34. The third-order valence-corrected chi connectivity index (χ3v) is 1.97. The lowest BCUT2D eigenvalue weighted by molar-refractivity contribution is 1.18. The summed E-state index contributed by atoms with van der Waals surface area (Å²) >= 11 is 0. The lowest BCUT2D eigenvalue weighted by Gasteiger charge is -1.94. The van der Waals surface area contributed by atoms with Gasteiger partial charge in [-0.15, -0.1) is 0 Å². The summed E-state index contributed by atoms with van der Waals surface area (Å²) < 4.78 is 0. The van der Waals surface area contributed by atoms with E-state index in [1.807, 2.05) is 36.4 Å². The Morgan fingerprint density at radius 2 is 1.80 bits per heavy atom. The van der Waals surface area contributed by atoms with Gasteiger partial charge in [0.2, 0.25) is 0 Å². The van der Waals surface area contributed by atoms with E-state index in [4.69, 9.17) is 5.73 Å². The van der Waals surface area contributed by atoms with Crippen molar-refractivity contribution in [1.29, 1.82) is 0 Å². The second-order valence-electron chi connectivity index (χ2n) is 3.13. The van der Waals surface area contributed by atoms with Crippen LogP contribution in [0.2, 0.25) is 0 Å². The lowest BCUT2D eigenvalue weighted by Crippen LogP contribution is -1.83. The molecule has 3 nitrogen and oxygen atoms in total. The molecule has 0 bridgehead atoms. The van der Waals surface area contributed by atoms with Gasteiger partial charge < -0.3 is 5.73 Å². The van der Waals surface area contributed by atoms with Gasteiger partial charge in [-0.1, -0.05) is 18.2 Å². The van der Waals surface area contributed by atoms with Crippen molar-refractivity contribution in [2.75, 3.05) is 5.73 Å². The van der Waals surface area contributed by atoms with Gasteiger partial charge in [-0.3, -0.25) is 9.97 Å². The molecule has 0 saturated carbocycles. The van der Waals surface area contributed by atoms with Crippen LogP contribution in [-0.2, 0) is 0 Å². The molecular weight excluding hydrogens is 186 g/mol. The number of nitrogens with two attached hydrogens (primary N) is 1.